The van der Waals surface area contributed by atoms with Crippen molar-refractivity contribution < 1.29 is 31.9 Å². The quantitative estimate of drug-likeness (QED) is 0.541. The minimum absolute atomic E-state index is 0.164. The van der Waals surface area contributed by atoms with Crippen LogP contribution in [0.4, 0.5) is 4.39 Å². The van der Waals surface area contributed by atoms with Crippen LogP contribution < -0.4 is 15.0 Å². The molecule has 2 aromatic rings. The Morgan fingerprint density at radius 3 is 2.19 bits per heavy atom. The molecule has 0 spiro atoms. The van der Waals surface area contributed by atoms with Crippen molar-refractivity contribution in [2.45, 2.75) is 17.9 Å². The Balaban J connectivity index is 1.96. The van der Waals surface area contributed by atoms with E-state index < -0.39 is 33.8 Å². The number of rotatable bonds is 7. The third-order valence-electron chi connectivity index (χ3n) is 3.39. The van der Waals surface area contributed by atoms with Crippen LogP contribution in [0, 0.1) is 5.82 Å². The van der Waals surface area contributed by atoms with Crippen LogP contribution in [0.25, 0.3) is 0 Å². The van der Waals surface area contributed by atoms with E-state index in [1.807, 2.05) is 10.3 Å². The van der Waals surface area contributed by atoms with E-state index in [-0.39, 0.29) is 16.2 Å². The lowest BCUT2D eigenvalue weighted by molar-refractivity contribution is -0.127. The Labute approximate surface area is 155 Å². The molecule has 8 nitrogen and oxygen atoms in total. The van der Waals surface area contributed by atoms with Crippen LogP contribution in [0.3, 0.4) is 0 Å². The van der Waals surface area contributed by atoms with E-state index in [4.69, 9.17) is 4.74 Å². The number of carbonyl (C=O) groups is 2. The summed E-state index contributed by atoms with van der Waals surface area (Å²) in [5.41, 5.74) is 2.22. The molecule has 0 aliphatic heterocycles. The van der Waals surface area contributed by atoms with Gasteiger partial charge in [-0.1, -0.05) is 0 Å². The highest BCUT2D eigenvalue weighted by Gasteiger charge is 2.20. The molecule has 10 heteroatoms. The van der Waals surface area contributed by atoms with Crippen LogP contribution >= 0.6 is 0 Å². The first-order chi connectivity index (χ1) is 12.7. The van der Waals surface area contributed by atoms with Gasteiger partial charge < -0.3 is 9.47 Å². The molecule has 1 amide bonds. The maximum atomic E-state index is 12.8. The fraction of sp³-hybridized carbons (Fsp3) is 0.176. The number of halogens is 1. The van der Waals surface area contributed by atoms with Gasteiger partial charge in [0.2, 0.25) is 0 Å². The van der Waals surface area contributed by atoms with Gasteiger partial charge in [-0.15, -0.1) is 4.83 Å². The monoisotopic (exact) mass is 396 g/mol. The Bertz CT molecular complexity index is 913. The first kappa shape index (κ1) is 20.3. The second kappa shape index (κ2) is 8.60. The number of hydrogen-bond donors (Lipinski definition) is 2. The Morgan fingerprint density at radius 2 is 1.63 bits per heavy atom. The topological polar surface area (TPSA) is 111 Å². The maximum Gasteiger partial charge on any atom is 0.337 e. The van der Waals surface area contributed by atoms with Gasteiger partial charge in [-0.3, -0.25) is 10.2 Å². The average molecular weight is 396 g/mol. The predicted octanol–water partition coefficient (Wildman–Crippen LogP) is 1.39. The van der Waals surface area contributed by atoms with E-state index in [1.54, 1.807) is 0 Å². The summed E-state index contributed by atoms with van der Waals surface area (Å²) < 4.78 is 47.0. The van der Waals surface area contributed by atoms with Crippen LogP contribution in [-0.2, 0) is 19.6 Å². The van der Waals surface area contributed by atoms with Gasteiger partial charge in [0.15, 0.2) is 6.10 Å². The number of nitrogens with one attached hydrogen (secondary N) is 2. The zero-order chi connectivity index (χ0) is 20.0. The van der Waals surface area contributed by atoms with Gasteiger partial charge in [-0.25, -0.2) is 17.6 Å². The molecular weight excluding hydrogens is 379 g/mol. The zero-order valence-electron chi connectivity index (χ0n) is 14.4. The van der Waals surface area contributed by atoms with Gasteiger partial charge in [0.25, 0.3) is 15.9 Å². The third kappa shape index (κ3) is 5.50. The lowest BCUT2D eigenvalue weighted by Gasteiger charge is -2.15. The summed E-state index contributed by atoms with van der Waals surface area (Å²) in [7, 11) is -2.85. The number of esters is 1. The number of hydrazine groups is 1. The molecule has 2 aromatic carbocycles. The van der Waals surface area contributed by atoms with E-state index in [0.29, 0.717) is 0 Å². The van der Waals surface area contributed by atoms with Crippen molar-refractivity contribution in [3.8, 4) is 5.75 Å². The molecule has 2 rings (SSSR count). The Morgan fingerprint density at radius 1 is 1.04 bits per heavy atom. The molecule has 0 radical (unpaired) electrons. The van der Waals surface area contributed by atoms with E-state index in [9.17, 15) is 22.4 Å². The standard InChI is InChI=1S/C17H17FN2O6S/c1-11(26-14-7-5-13(18)6-8-14)16(21)19-20-27(23,24)15-9-3-12(4-10-15)17(22)25-2/h3-11,20H,1-2H3,(H,19,21). The van der Waals surface area contributed by atoms with Crippen molar-refractivity contribution in [3.63, 3.8) is 0 Å². The van der Waals surface area contributed by atoms with Gasteiger partial charge >= 0.3 is 5.97 Å². The third-order valence-corrected chi connectivity index (χ3v) is 4.65. The number of amides is 1. The molecule has 0 fully saturated rings. The highest BCUT2D eigenvalue weighted by atomic mass is 32.2. The summed E-state index contributed by atoms with van der Waals surface area (Å²) in [5.74, 6) is -1.56. The van der Waals surface area contributed by atoms with Gasteiger partial charge in [0, 0.05) is 0 Å². The minimum Gasteiger partial charge on any atom is -0.481 e. The summed E-state index contributed by atoms with van der Waals surface area (Å²) in [6.07, 6.45) is -1.04. The molecule has 1 unspecified atom stereocenters. The van der Waals surface area contributed by atoms with Gasteiger partial charge in [-0.05, 0) is 55.5 Å². The smallest absolute Gasteiger partial charge is 0.337 e. The molecule has 0 aliphatic rings. The Hall–Kier alpha value is -2.98. The van der Waals surface area contributed by atoms with Gasteiger partial charge in [-0.2, -0.15) is 0 Å². The van der Waals surface area contributed by atoms with Crippen molar-refractivity contribution >= 4 is 21.9 Å². The van der Waals surface area contributed by atoms with Crippen LogP contribution in [0.5, 0.6) is 5.75 Å². The predicted molar refractivity (Wildman–Crippen MR) is 92.7 cm³/mol. The van der Waals surface area contributed by atoms with E-state index in [0.717, 1.165) is 0 Å². The maximum absolute atomic E-state index is 12.8. The molecular formula is C17H17FN2O6S. The highest BCUT2D eigenvalue weighted by Crippen LogP contribution is 2.13. The molecule has 2 N–H and O–H groups in total. The number of hydrogen-bond acceptors (Lipinski definition) is 6. The van der Waals surface area contributed by atoms with Gasteiger partial charge in [0.1, 0.15) is 11.6 Å². The van der Waals surface area contributed by atoms with Crippen molar-refractivity contribution in [3.05, 3.63) is 59.9 Å². The molecule has 0 saturated carbocycles. The van der Waals surface area contributed by atoms with Crippen LogP contribution in [0.2, 0.25) is 0 Å². The Kier molecular flexibility index (Phi) is 6.48. The van der Waals surface area contributed by atoms with Crippen molar-refractivity contribution in [2.24, 2.45) is 0 Å². The van der Waals surface area contributed by atoms with Gasteiger partial charge in [0.05, 0.1) is 17.6 Å². The highest BCUT2D eigenvalue weighted by molar-refractivity contribution is 7.89. The largest absolute Gasteiger partial charge is 0.481 e. The summed E-state index contributed by atoms with van der Waals surface area (Å²) in [5, 5.41) is 0. The second-order valence-electron chi connectivity index (χ2n) is 5.32. The molecule has 27 heavy (non-hydrogen) atoms. The SMILES string of the molecule is COC(=O)c1ccc(S(=O)(=O)NNC(=O)C(C)Oc2ccc(F)cc2)cc1. The number of methoxy groups -OCH3 is 1. The summed E-state index contributed by atoms with van der Waals surface area (Å²) in [6.45, 7) is 1.40. The van der Waals surface area contributed by atoms with E-state index >= 15 is 0 Å². The molecule has 0 aliphatic carbocycles. The first-order valence-electron chi connectivity index (χ1n) is 7.65. The normalized spacial score (nSPS) is 12.1. The minimum atomic E-state index is -4.06. The van der Waals surface area contributed by atoms with Crippen LogP contribution in [0.15, 0.2) is 53.4 Å². The van der Waals surface area contributed by atoms with Crippen molar-refractivity contribution in [2.75, 3.05) is 7.11 Å². The fourth-order valence-corrected chi connectivity index (χ4v) is 2.78. The molecule has 0 saturated heterocycles. The lowest BCUT2D eigenvalue weighted by atomic mass is 10.2. The first-order valence-corrected chi connectivity index (χ1v) is 9.13. The fourth-order valence-electron chi connectivity index (χ4n) is 1.94. The molecule has 1 atom stereocenters. The van der Waals surface area contributed by atoms with Crippen molar-refractivity contribution in [1.82, 2.24) is 10.3 Å². The number of benzene rings is 2. The van der Waals surface area contributed by atoms with Crippen LogP contribution in [0.1, 0.15) is 17.3 Å². The van der Waals surface area contributed by atoms with Crippen molar-refractivity contribution in [1.29, 1.82) is 0 Å². The summed E-state index contributed by atoms with van der Waals surface area (Å²) in [4.78, 5) is 25.1. The summed E-state index contributed by atoms with van der Waals surface area (Å²) in [6, 6.07) is 9.96. The molecule has 0 aromatic heterocycles. The van der Waals surface area contributed by atoms with E-state index in [2.05, 4.69) is 4.74 Å². The summed E-state index contributed by atoms with van der Waals surface area (Å²) >= 11 is 0. The number of sulfonamides is 1. The van der Waals surface area contributed by atoms with E-state index in [1.165, 1.54) is 62.6 Å². The molecule has 0 bridgehead atoms. The van der Waals surface area contributed by atoms with Crippen LogP contribution in [-0.4, -0.2) is 33.5 Å². The number of ether oxygens (including phenoxy) is 2. The number of carbonyl (C=O) groups excluding carboxylic acids is 2. The second-order valence-corrected chi connectivity index (χ2v) is 7.01. The average Bonchev–Trinajstić information content (AvgIpc) is 2.67. The zero-order valence-corrected chi connectivity index (χ0v) is 15.2. The molecule has 0 heterocycles. The molecule has 144 valence electrons. The lowest BCUT2D eigenvalue weighted by Crippen LogP contribution is -2.47.